The molecule has 0 bridgehead atoms. The van der Waals surface area contributed by atoms with Crippen molar-refractivity contribution in [3.05, 3.63) is 65.1 Å². The van der Waals surface area contributed by atoms with Gasteiger partial charge in [-0.05, 0) is 25.1 Å². The van der Waals surface area contributed by atoms with Crippen molar-refractivity contribution in [1.29, 1.82) is 0 Å². The number of halogens is 1. The van der Waals surface area contributed by atoms with Crippen molar-refractivity contribution in [2.24, 2.45) is 0 Å². The van der Waals surface area contributed by atoms with Crippen molar-refractivity contribution in [1.82, 2.24) is 9.38 Å². The maximum Gasteiger partial charge on any atom is 0.276 e. The van der Waals surface area contributed by atoms with E-state index in [1.54, 1.807) is 34.7 Å². The smallest absolute Gasteiger partial charge is 0.276 e. The van der Waals surface area contributed by atoms with Crippen LogP contribution in [0.15, 0.2) is 48.7 Å². The topological polar surface area (TPSA) is 37.6 Å². The number of pyridine rings is 1. The van der Waals surface area contributed by atoms with Gasteiger partial charge in [0.15, 0.2) is 0 Å². The number of nitrogens with zero attached hydrogens (tertiary/aromatic N) is 3. The van der Waals surface area contributed by atoms with Crippen LogP contribution in [0.3, 0.4) is 0 Å². The Morgan fingerprint density at radius 3 is 2.67 bits per heavy atom. The molecule has 2 heterocycles. The molecule has 4 nitrogen and oxygen atoms in total. The van der Waals surface area contributed by atoms with E-state index < -0.39 is 0 Å². The Labute approximate surface area is 127 Å². The molecule has 1 amide bonds. The zero-order chi connectivity index (χ0) is 15.0. The lowest BCUT2D eigenvalue weighted by Crippen LogP contribution is -2.28. The van der Waals surface area contributed by atoms with Gasteiger partial charge in [-0.1, -0.05) is 29.8 Å². The number of aryl methyl sites for hydroxylation is 1. The van der Waals surface area contributed by atoms with E-state index in [9.17, 15) is 4.79 Å². The molecule has 106 valence electrons. The van der Waals surface area contributed by atoms with Gasteiger partial charge in [-0.15, -0.1) is 0 Å². The molecule has 0 N–H and O–H groups in total. The van der Waals surface area contributed by atoms with Crippen LogP contribution in [0.4, 0.5) is 5.69 Å². The van der Waals surface area contributed by atoms with Gasteiger partial charge in [0.1, 0.15) is 11.3 Å². The lowest BCUT2D eigenvalue weighted by Gasteiger charge is -2.17. The number of rotatable bonds is 2. The van der Waals surface area contributed by atoms with Crippen LogP contribution >= 0.6 is 11.6 Å². The van der Waals surface area contributed by atoms with Crippen LogP contribution in [-0.2, 0) is 0 Å². The number of hydrogen-bond donors (Lipinski definition) is 0. The van der Waals surface area contributed by atoms with Gasteiger partial charge in [-0.3, -0.25) is 9.20 Å². The summed E-state index contributed by atoms with van der Waals surface area (Å²) in [6, 6.07) is 13.0. The van der Waals surface area contributed by atoms with Crippen molar-refractivity contribution in [3.8, 4) is 0 Å². The van der Waals surface area contributed by atoms with E-state index in [0.717, 1.165) is 5.69 Å². The Morgan fingerprint density at radius 2 is 1.95 bits per heavy atom. The first-order valence-corrected chi connectivity index (χ1v) is 6.93. The molecule has 0 saturated carbocycles. The third-order valence-corrected chi connectivity index (χ3v) is 3.65. The first-order chi connectivity index (χ1) is 10.1. The maximum atomic E-state index is 12.8. The van der Waals surface area contributed by atoms with Gasteiger partial charge in [0, 0.05) is 30.0 Å². The molecular weight excluding hydrogens is 286 g/mol. The molecule has 3 aromatic rings. The third kappa shape index (κ3) is 2.38. The monoisotopic (exact) mass is 299 g/mol. The molecule has 0 spiro atoms. The van der Waals surface area contributed by atoms with E-state index in [2.05, 4.69) is 4.98 Å². The minimum atomic E-state index is -0.103. The van der Waals surface area contributed by atoms with Crippen LogP contribution < -0.4 is 4.90 Å². The van der Waals surface area contributed by atoms with Crippen LogP contribution in [0.25, 0.3) is 5.65 Å². The van der Waals surface area contributed by atoms with E-state index in [4.69, 9.17) is 11.6 Å². The predicted octanol–water partition coefficient (Wildman–Crippen LogP) is 3.57. The number of benzene rings is 1. The molecule has 0 radical (unpaired) electrons. The molecule has 0 aliphatic rings. The number of hydrogen-bond acceptors (Lipinski definition) is 2. The molecule has 5 heteroatoms. The summed E-state index contributed by atoms with van der Waals surface area (Å²) >= 11 is 5.97. The molecular formula is C16H14ClN3O. The molecule has 0 atom stereocenters. The first kappa shape index (κ1) is 13.6. The normalized spacial score (nSPS) is 10.8. The summed E-state index contributed by atoms with van der Waals surface area (Å²) in [5.41, 5.74) is 2.74. The standard InChI is InChI=1S/C16H14ClN3O/c1-11-15(20-9-8-12(17)10-14(20)18-11)16(21)19(2)13-6-4-3-5-7-13/h3-10H,1-2H3. The highest BCUT2D eigenvalue weighted by Gasteiger charge is 2.21. The number of fused-ring (bicyclic) bond motifs is 1. The second-order valence-electron chi connectivity index (χ2n) is 4.82. The van der Waals surface area contributed by atoms with Gasteiger partial charge >= 0.3 is 0 Å². The Hall–Kier alpha value is -2.33. The van der Waals surface area contributed by atoms with E-state index in [-0.39, 0.29) is 5.91 Å². The van der Waals surface area contributed by atoms with Crippen molar-refractivity contribution in [2.75, 3.05) is 11.9 Å². The number of carbonyl (C=O) groups is 1. The fourth-order valence-electron chi connectivity index (χ4n) is 2.32. The minimum Gasteiger partial charge on any atom is -0.310 e. The summed E-state index contributed by atoms with van der Waals surface area (Å²) in [4.78, 5) is 18.8. The first-order valence-electron chi connectivity index (χ1n) is 6.55. The highest BCUT2D eigenvalue weighted by atomic mass is 35.5. The summed E-state index contributed by atoms with van der Waals surface area (Å²) in [5, 5.41) is 0.600. The highest BCUT2D eigenvalue weighted by molar-refractivity contribution is 6.30. The molecule has 1 aromatic carbocycles. The molecule has 3 rings (SSSR count). The summed E-state index contributed by atoms with van der Waals surface area (Å²) in [7, 11) is 1.76. The van der Waals surface area contributed by atoms with Crippen LogP contribution in [0.5, 0.6) is 0 Å². The van der Waals surface area contributed by atoms with Gasteiger partial charge < -0.3 is 4.90 Å². The summed E-state index contributed by atoms with van der Waals surface area (Å²) in [6.45, 7) is 1.83. The van der Waals surface area contributed by atoms with Gasteiger partial charge in [-0.2, -0.15) is 0 Å². The molecule has 2 aromatic heterocycles. The average molecular weight is 300 g/mol. The van der Waals surface area contributed by atoms with Crippen molar-refractivity contribution in [2.45, 2.75) is 6.92 Å². The third-order valence-electron chi connectivity index (χ3n) is 3.41. The van der Waals surface area contributed by atoms with Crippen molar-refractivity contribution in [3.63, 3.8) is 0 Å². The van der Waals surface area contributed by atoms with Gasteiger partial charge in [0.25, 0.3) is 5.91 Å². The fraction of sp³-hybridized carbons (Fsp3) is 0.125. The molecule has 21 heavy (non-hydrogen) atoms. The van der Waals surface area contributed by atoms with E-state index in [0.29, 0.717) is 22.1 Å². The second kappa shape index (κ2) is 5.22. The number of anilines is 1. The molecule has 0 fully saturated rings. The van der Waals surface area contributed by atoms with Crippen LogP contribution in [0.2, 0.25) is 5.02 Å². The second-order valence-corrected chi connectivity index (χ2v) is 5.26. The Kier molecular flexibility index (Phi) is 3.39. The fourth-order valence-corrected chi connectivity index (χ4v) is 2.48. The van der Waals surface area contributed by atoms with E-state index >= 15 is 0 Å². The lowest BCUT2D eigenvalue weighted by molar-refractivity contribution is 0.0987. The number of aromatic nitrogens is 2. The number of amides is 1. The summed E-state index contributed by atoms with van der Waals surface area (Å²) in [6.07, 6.45) is 1.77. The minimum absolute atomic E-state index is 0.103. The average Bonchev–Trinajstić information content (AvgIpc) is 2.81. The van der Waals surface area contributed by atoms with Gasteiger partial charge in [0.05, 0.1) is 5.69 Å². The van der Waals surface area contributed by atoms with Crippen LogP contribution in [-0.4, -0.2) is 22.3 Å². The molecule has 0 aliphatic heterocycles. The van der Waals surface area contributed by atoms with E-state index in [1.165, 1.54) is 0 Å². The largest absolute Gasteiger partial charge is 0.310 e. The zero-order valence-corrected chi connectivity index (χ0v) is 12.5. The Balaban J connectivity index is 2.08. The van der Waals surface area contributed by atoms with E-state index in [1.807, 2.05) is 37.3 Å². The number of para-hydroxylation sites is 1. The highest BCUT2D eigenvalue weighted by Crippen LogP contribution is 2.20. The number of carbonyl (C=O) groups excluding carboxylic acids is 1. The van der Waals surface area contributed by atoms with Crippen LogP contribution in [0.1, 0.15) is 16.2 Å². The number of imidazole rings is 1. The SMILES string of the molecule is Cc1nc2cc(Cl)ccn2c1C(=O)N(C)c1ccccc1. The van der Waals surface area contributed by atoms with Crippen LogP contribution in [0, 0.1) is 6.92 Å². The van der Waals surface area contributed by atoms with Crippen molar-refractivity contribution < 1.29 is 4.79 Å². The Bertz CT molecular complexity index is 811. The molecule has 0 saturated heterocycles. The predicted molar refractivity (Wildman–Crippen MR) is 84.1 cm³/mol. The zero-order valence-electron chi connectivity index (χ0n) is 11.7. The summed E-state index contributed by atoms with van der Waals surface area (Å²) in [5.74, 6) is -0.103. The summed E-state index contributed by atoms with van der Waals surface area (Å²) < 4.78 is 1.77. The maximum absolute atomic E-state index is 12.8. The lowest BCUT2D eigenvalue weighted by atomic mass is 10.2. The quantitative estimate of drug-likeness (QED) is 0.725. The van der Waals surface area contributed by atoms with Gasteiger partial charge in [-0.25, -0.2) is 4.98 Å². The molecule has 0 aliphatic carbocycles. The van der Waals surface area contributed by atoms with Crippen molar-refractivity contribution >= 4 is 28.8 Å². The Morgan fingerprint density at radius 1 is 1.24 bits per heavy atom. The molecule has 0 unspecified atom stereocenters. The van der Waals surface area contributed by atoms with Gasteiger partial charge in [0.2, 0.25) is 0 Å².